The Bertz CT molecular complexity index is 546. The van der Waals surface area contributed by atoms with Gasteiger partial charge in [0, 0.05) is 0 Å². The van der Waals surface area contributed by atoms with E-state index in [0.717, 1.165) is 0 Å². The number of rotatable bonds is 2. The van der Waals surface area contributed by atoms with Crippen LogP contribution in [0.1, 0.15) is 0 Å². The lowest BCUT2D eigenvalue weighted by molar-refractivity contribution is 0.598. The van der Waals surface area contributed by atoms with Crippen LogP contribution < -0.4 is 5.14 Å². The van der Waals surface area contributed by atoms with E-state index in [4.69, 9.17) is 5.14 Å². The summed E-state index contributed by atoms with van der Waals surface area (Å²) in [5.74, 6) is 0. The molecule has 2 rings (SSSR count). The lowest BCUT2D eigenvalue weighted by Crippen LogP contribution is -2.12. The van der Waals surface area contributed by atoms with Crippen LogP contribution in [-0.4, -0.2) is 28.6 Å². The fraction of sp³-hybridized carbons (Fsp3) is 0. The molecule has 0 bridgehead atoms. The average molecular weight is 224 g/mol. The van der Waals surface area contributed by atoms with E-state index in [2.05, 4.69) is 21.9 Å². The molecular formula is C7H6N5O2S. The van der Waals surface area contributed by atoms with E-state index in [-0.39, 0.29) is 4.90 Å². The van der Waals surface area contributed by atoms with Crippen molar-refractivity contribution < 1.29 is 8.42 Å². The number of nitrogens with two attached hydrogens (primary N) is 1. The van der Waals surface area contributed by atoms with Crippen LogP contribution >= 0.6 is 0 Å². The number of nitrogens with zero attached hydrogens (tertiary/aromatic N) is 4. The monoisotopic (exact) mass is 224 g/mol. The first kappa shape index (κ1) is 9.74. The van der Waals surface area contributed by atoms with Gasteiger partial charge in [-0.05, 0) is 34.7 Å². The number of primary sulfonamides is 1. The minimum Gasteiger partial charge on any atom is -0.225 e. The zero-order valence-corrected chi connectivity index (χ0v) is 8.22. The fourth-order valence-corrected chi connectivity index (χ4v) is 1.54. The second-order valence-corrected chi connectivity index (χ2v) is 4.29. The molecule has 15 heavy (non-hydrogen) atoms. The van der Waals surface area contributed by atoms with Crippen LogP contribution in [0.2, 0.25) is 0 Å². The van der Waals surface area contributed by atoms with Crippen molar-refractivity contribution in [2.45, 2.75) is 4.90 Å². The van der Waals surface area contributed by atoms with Gasteiger partial charge in [0.1, 0.15) is 0 Å². The van der Waals surface area contributed by atoms with E-state index in [1.165, 1.54) is 28.9 Å². The van der Waals surface area contributed by atoms with Crippen molar-refractivity contribution in [1.29, 1.82) is 0 Å². The number of aromatic nitrogens is 4. The molecule has 0 amide bonds. The van der Waals surface area contributed by atoms with Crippen molar-refractivity contribution in [1.82, 2.24) is 20.2 Å². The van der Waals surface area contributed by atoms with Crippen LogP contribution in [-0.2, 0) is 10.0 Å². The Morgan fingerprint density at radius 1 is 1.27 bits per heavy atom. The Balaban J connectivity index is 2.42. The summed E-state index contributed by atoms with van der Waals surface area (Å²) in [7, 11) is -3.66. The molecule has 1 heterocycles. The van der Waals surface area contributed by atoms with Gasteiger partial charge < -0.3 is 0 Å². The van der Waals surface area contributed by atoms with Crippen molar-refractivity contribution in [2.24, 2.45) is 5.14 Å². The highest BCUT2D eigenvalue weighted by atomic mass is 32.2. The number of tetrazole rings is 1. The highest BCUT2D eigenvalue weighted by Gasteiger charge is 2.07. The van der Waals surface area contributed by atoms with E-state index < -0.39 is 10.0 Å². The molecular weight excluding hydrogens is 218 g/mol. The third kappa shape index (κ3) is 2.00. The van der Waals surface area contributed by atoms with Crippen molar-refractivity contribution in [3.8, 4) is 5.69 Å². The predicted molar refractivity (Wildman–Crippen MR) is 49.4 cm³/mol. The number of hydrogen-bond acceptors (Lipinski definition) is 5. The van der Waals surface area contributed by atoms with E-state index in [0.29, 0.717) is 5.69 Å². The van der Waals surface area contributed by atoms with Crippen molar-refractivity contribution in [2.75, 3.05) is 0 Å². The molecule has 0 aliphatic heterocycles. The second kappa shape index (κ2) is 3.41. The van der Waals surface area contributed by atoms with Gasteiger partial charge in [-0.3, -0.25) is 0 Å². The molecule has 0 unspecified atom stereocenters. The van der Waals surface area contributed by atoms with Gasteiger partial charge in [0.05, 0.1) is 10.6 Å². The molecule has 1 aromatic heterocycles. The number of sulfonamides is 1. The molecule has 0 atom stereocenters. The van der Waals surface area contributed by atoms with Crippen LogP contribution in [0, 0.1) is 6.33 Å². The highest BCUT2D eigenvalue weighted by Crippen LogP contribution is 2.10. The van der Waals surface area contributed by atoms with E-state index in [1.807, 2.05) is 0 Å². The summed E-state index contributed by atoms with van der Waals surface area (Å²) < 4.78 is 23.2. The van der Waals surface area contributed by atoms with Crippen LogP contribution in [0.15, 0.2) is 29.2 Å². The lowest BCUT2D eigenvalue weighted by Gasteiger charge is -2.00. The minimum atomic E-state index is -3.66. The Hall–Kier alpha value is -1.80. The fourth-order valence-electron chi connectivity index (χ4n) is 1.03. The number of benzene rings is 1. The Labute approximate surface area is 85.6 Å². The first-order valence-electron chi connectivity index (χ1n) is 3.87. The maximum absolute atomic E-state index is 11.0. The van der Waals surface area contributed by atoms with Crippen LogP contribution in [0.25, 0.3) is 5.69 Å². The SMILES string of the molecule is NS(=O)(=O)c1ccc(-n2[c]nnn2)cc1. The maximum Gasteiger partial charge on any atom is 0.238 e. The van der Waals surface area contributed by atoms with Gasteiger partial charge in [0.25, 0.3) is 0 Å². The largest absolute Gasteiger partial charge is 0.238 e. The average Bonchev–Trinajstić information content (AvgIpc) is 2.69. The molecule has 1 aromatic carbocycles. The van der Waals surface area contributed by atoms with Gasteiger partial charge in [0.15, 0.2) is 0 Å². The predicted octanol–water partition coefficient (Wildman–Crippen LogP) is -0.890. The molecule has 0 spiro atoms. The molecule has 0 saturated carbocycles. The zero-order chi connectivity index (χ0) is 10.9. The van der Waals surface area contributed by atoms with Crippen LogP contribution in [0.3, 0.4) is 0 Å². The van der Waals surface area contributed by atoms with Crippen molar-refractivity contribution >= 4 is 10.0 Å². The summed E-state index contributed by atoms with van der Waals surface area (Å²) >= 11 is 0. The molecule has 7 nitrogen and oxygen atoms in total. The molecule has 0 fully saturated rings. The van der Waals surface area contributed by atoms with Crippen molar-refractivity contribution in [3.63, 3.8) is 0 Å². The first-order chi connectivity index (χ1) is 7.07. The molecule has 2 N–H and O–H groups in total. The summed E-state index contributed by atoms with van der Waals surface area (Å²) in [6.45, 7) is 0. The normalized spacial score (nSPS) is 11.5. The van der Waals surface area contributed by atoms with Crippen LogP contribution in [0.5, 0.6) is 0 Å². The molecule has 0 aliphatic carbocycles. The standard InChI is InChI=1S/C7H6N5O2S/c8-15(13,14)7-3-1-6(2-4-7)12-5-9-10-11-12/h1-4H,(H2,8,13,14). The minimum absolute atomic E-state index is 0.0410. The number of hydrogen-bond donors (Lipinski definition) is 1. The van der Waals surface area contributed by atoms with Crippen LogP contribution in [0.4, 0.5) is 0 Å². The molecule has 77 valence electrons. The quantitative estimate of drug-likeness (QED) is 0.712. The third-order valence-electron chi connectivity index (χ3n) is 1.72. The molecule has 2 aromatic rings. The molecule has 0 saturated heterocycles. The van der Waals surface area contributed by atoms with Crippen molar-refractivity contribution in [3.05, 3.63) is 30.6 Å². The third-order valence-corrected chi connectivity index (χ3v) is 2.65. The summed E-state index contributed by atoms with van der Waals surface area (Å²) in [4.78, 5) is 0.0410. The van der Waals surface area contributed by atoms with Gasteiger partial charge in [0.2, 0.25) is 16.4 Å². The Kier molecular flexibility index (Phi) is 2.21. The van der Waals surface area contributed by atoms with E-state index in [9.17, 15) is 8.42 Å². The summed E-state index contributed by atoms with van der Waals surface area (Å²) in [5, 5.41) is 15.3. The molecule has 1 radical (unpaired) electrons. The lowest BCUT2D eigenvalue weighted by atomic mass is 10.3. The van der Waals surface area contributed by atoms with Gasteiger partial charge >= 0.3 is 0 Å². The highest BCUT2D eigenvalue weighted by molar-refractivity contribution is 7.89. The maximum atomic E-state index is 11.0. The Morgan fingerprint density at radius 2 is 1.93 bits per heavy atom. The zero-order valence-electron chi connectivity index (χ0n) is 7.40. The topological polar surface area (TPSA) is 104 Å². The van der Waals surface area contributed by atoms with Gasteiger partial charge in [-0.2, -0.15) is 4.68 Å². The Morgan fingerprint density at radius 3 is 2.40 bits per heavy atom. The smallest absolute Gasteiger partial charge is 0.225 e. The summed E-state index contributed by atoms with van der Waals surface area (Å²) in [6.07, 6.45) is 2.48. The van der Waals surface area contributed by atoms with E-state index >= 15 is 0 Å². The molecule has 8 heteroatoms. The van der Waals surface area contributed by atoms with E-state index in [1.54, 1.807) is 0 Å². The van der Waals surface area contributed by atoms with Gasteiger partial charge in [-0.15, -0.1) is 5.10 Å². The first-order valence-corrected chi connectivity index (χ1v) is 5.41. The second-order valence-electron chi connectivity index (χ2n) is 2.73. The van der Waals surface area contributed by atoms with Gasteiger partial charge in [-0.25, -0.2) is 13.6 Å². The van der Waals surface area contributed by atoms with Gasteiger partial charge in [-0.1, -0.05) is 0 Å². The summed E-state index contributed by atoms with van der Waals surface area (Å²) in [5.41, 5.74) is 0.604. The summed E-state index contributed by atoms with van der Waals surface area (Å²) in [6, 6.07) is 5.82. The molecule has 0 aliphatic rings.